The van der Waals surface area contributed by atoms with Crippen LogP contribution in [-0.2, 0) is 19.4 Å². The molecule has 0 fully saturated rings. The molecule has 3 aromatic rings. The lowest BCUT2D eigenvalue weighted by atomic mass is 9.89. The van der Waals surface area contributed by atoms with Gasteiger partial charge in [-0.2, -0.15) is 0 Å². The van der Waals surface area contributed by atoms with Gasteiger partial charge >= 0.3 is 0 Å². The lowest BCUT2D eigenvalue weighted by Gasteiger charge is -2.17. The molecule has 2 heterocycles. The fourth-order valence-electron chi connectivity index (χ4n) is 3.76. The molecule has 140 valence electrons. The fraction of sp³-hybridized carbons (Fsp3) is 0.381. The van der Waals surface area contributed by atoms with Gasteiger partial charge in [-0.1, -0.05) is 18.6 Å². The number of ketones is 1. The highest BCUT2D eigenvalue weighted by molar-refractivity contribution is 7.18. The molecule has 0 amide bonds. The van der Waals surface area contributed by atoms with Gasteiger partial charge < -0.3 is 4.74 Å². The summed E-state index contributed by atoms with van der Waals surface area (Å²) in [5.41, 5.74) is 2.49. The second kappa shape index (κ2) is 6.93. The first kappa shape index (κ1) is 17.9. The van der Waals surface area contributed by atoms with E-state index in [9.17, 15) is 9.59 Å². The molecule has 1 aliphatic carbocycles. The average Bonchev–Trinajstić information content (AvgIpc) is 3.02. The number of ether oxygens (including phenoxy) is 1. The summed E-state index contributed by atoms with van der Waals surface area (Å²) < 4.78 is 6.74. The number of carbonyl (C=O) groups excluding carboxylic acids is 1. The monoisotopic (exact) mass is 382 g/mol. The first-order chi connectivity index (χ1) is 13.0. The molecule has 0 spiro atoms. The molecule has 1 aliphatic rings. The van der Waals surface area contributed by atoms with E-state index < -0.39 is 0 Å². The summed E-state index contributed by atoms with van der Waals surface area (Å²) >= 11 is 1.62. The molecule has 0 saturated carbocycles. The van der Waals surface area contributed by atoms with E-state index in [1.165, 1.54) is 15.8 Å². The van der Waals surface area contributed by atoms with Crippen LogP contribution in [0.5, 0.6) is 5.75 Å². The van der Waals surface area contributed by atoms with Crippen molar-refractivity contribution in [3.05, 3.63) is 56.4 Å². The van der Waals surface area contributed by atoms with Gasteiger partial charge in [0.1, 0.15) is 10.6 Å². The Hall–Kier alpha value is -2.47. The van der Waals surface area contributed by atoms with Crippen LogP contribution in [-0.4, -0.2) is 22.4 Å². The van der Waals surface area contributed by atoms with E-state index in [4.69, 9.17) is 4.74 Å². The van der Waals surface area contributed by atoms with Gasteiger partial charge in [0.15, 0.2) is 5.78 Å². The normalized spacial score (nSPS) is 16.3. The topological polar surface area (TPSA) is 61.2 Å². The van der Waals surface area contributed by atoms with Crippen LogP contribution in [0.2, 0.25) is 0 Å². The second-order valence-corrected chi connectivity index (χ2v) is 8.42. The SMILES string of the molecule is COc1ccc(C)cc1C(=O)Cn1cnc2sc3c(c2c1=O)CCC(C)C3. The van der Waals surface area contributed by atoms with Crippen molar-refractivity contribution in [2.45, 2.75) is 39.7 Å². The van der Waals surface area contributed by atoms with Crippen LogP contribution in [0.4, 0.5) is 0 Å². The van der Waals surface area contributed by atoms with E-state index in [2.05, 4.69) is 11.9 Å². The van der Waals surface area contributed by atoms with E-state index >= 15 is 0 Å². The van der Waals surface area contributed by atoms with Gasteiger partial charge in [-0.15, -0.1) is 11.3 Å². The van der Waals surface area contributed by atoms with Crippen molar-refractivity contribution in [3.8, 4) is 5.75 Å². The first-order valence-electron chi connectivity index (χ1n) is 9.15. The van der Waals surface area contributed by atoms with Crippen LogP contribution < -0.4 is 10.3 Å². The highest BCUT2D eigenvalue weighted by Crippen LogP contribution is 2.35. The summed E-state index contributed by atoms with van der Waals surface area (Å²) in [6, 6.07) is 5.48. The number of aromatic nitrogens is 2. The molecular formula is C21H22N2O3S. The van der Waals surface area contributed by atoms with Crippen LogP contribution >= 0.6 is 11.3 Å². The number of methoxy groups -OCH3 is 1. The second-order valence-electron chi connectivity index (χ2n) is 7.34. The summed E-state index contributed by atoms with van der Waals surface area (Å²) in [4.78, 5) is 32.5. The minimum atomic E-state index is -0.156. The number of hydrogen-bond acceptors (Lipinski definition) is 5. The van der Waals surface area contributed by atoms with E-state index in [1.807, 2.05) is 13.0 Å². The Morgan fingerprint density at radius 2 is 2.22 bits per heavy atom. The molecule has 27 heavy (non-hydrogen) atoms. The number of hydrogen-bond donors (Lipinski definition) is 0. The van der Waals surface area contributed by atoms with Gasteiger partial charge in [0.05, 0.1) is 30.9 Å². The molecule has 0 saturated heterocycles. The lowest BCUT2D eigenvalue weighted by Crippen LogP contribution is -2.25. The smallest absolute Gasteiger partial charge is 0.262 e. The Bertz CT molecular complexity index is 1100. The summed E-state index contributed by atoms with van der Waals surface area (Å²) in [6.07, 6.45) is 4.51. The highest BCUT2D eigenvalue weighted by Gasteiger charge is 2.24. The standard InChI is InChI=1S/C21H22N2O3S/c1-12-5-7-17(26-3)15(8-12)16(24)10-23-11-22-20-19(21(23)25)14-6-4-13(2)9-18(14)27-20/h5,7-8,11,13H,4,6,9-10H2,1-3H3. The number of thiophene rings is 1. The van der Waals surface area contributed by atoms with Gasteiger partial charge in [-0.3, -0.25) is 14.2 Å². The van der Waals surface area contributed by atoms with Crippen molar-refractivity contribution >= 4 is 27.3 Å². The molecular weight excluding hydrogens is 360 g/mol. The molecule has 1 atom stereocenters. The zero-order chi connectivity index (χ0) is 19.1. The predicted molar refractivity (Wildman–Crippen MR) is 107 cm³/mol. The van der Waals surface area contributed by atoms with Gasteiger partial charge in [0.2, 0.25) is 0 Å². The minimum absolute atomic E-state index is 0.0391. The summed E-state index contributed by atoms with van der Waals surface area (Å²) in [5.74, 6) is 1.01. The highest BCUT2D eigenvalue weighted by atomic mass is 32.1. The zero-order valence-electron chi connectivity index (χ0n) is 15.7. The Labute approximate surface area is 161 Å². The van der Waals surface area contributed by atoms with E-state index in [1.54, 1.807) is 30.6 Å². The third-order valence-electron chi connectivity index (χ3n) is 5.25. The molecule has 0 aliphatic heterocycles. The van der Waals surface area contributed by atoms with Crippen LogP contribution in [0.1, 0.15) is 39.7 Å². The molecule has 4 rings (SSSR count). The number of benzene rings is 1. The summed E-state index contributed by atoms with van der Waals surface area (Å²) in [6.45, 7) is 4.13. The third-order valence-corrected chi connectivity index (χ3v) is 6.41. The summed E-state index contributed by atoms with van der Waals surface area (Å²) in [7, 11) is 1.54. The molecule has 2 aromatic heterocycles. The molecule has 6 heteroatoms. The van der Waals surface area contributed by atoms with Gasteiger partial charge in [-0.25, -0.2) is 4.98 Å². The quantitative estimate of drug-likeness (QED) is 0.644. The fourth-order valence-corrected chi connectivity index (χ4v) is 5.10. The molecule has 0 bridgehead atoms. The largest absolute Gasteiger partial charge is 0.496 e. The molecule has 5 nitrogen and oxygen atoms in total. The Balaban J connectivity index is 1.73. The number of nitrogens with zero attached hydrogens (tertiary/aromatic N) is 2. The van der Waals surface area contributed by atoms with Gasteiger partial charge in [0, 0.05) is 4.88 Å². The Kier molecular flexibility index (Phi) is 4.60. The maximum atomic E-state index is 13.1. The van der Waals surface area contributed by atoms with Crippen molar-refractivity contribution in [1.29, 1.82) is 0 Å². The minimum Gasteiger partial charge on any atom is -0.496 e. The van der Waals surface area contributed by atoms with Crippen LogP contribution in [0.25, 0.3) is 10.2 Å². The molecule has 0 radical (unpaired) electrons. The molecule has 0 N–H and O–H groups in total. The van der Waals surface area contributed by atoms with Crippen molar-refractivity contribution in [2.75, 3.05) is 7.11 Å². The van der Waals surface area contributed by atoms with Crippen molar-refractivity contribution in [3.63, 3.8) is 0 Å². The van der Waals surface area contributed by atoms with E-state index in [-0.39, 0.29) is 17.9 Å². The Morgan fingerprint density at radius 3 is 3.00 bits per heavy atom. The van der Waals surface area contributed by atoms with Crippen molar-refractivity contribution in [2.24, 2.45) is 5.92 Å². The molecule has 1 unspecified atom stereocenters. The van der Waals surface area contributed by atoms with Crippen LogP contribution in [0.3, 0.4) is 0 Å². The van der Waals surface area contributed by atoms with E-state index in [0.717, 1.165) is 35.2 Å². The first-order valence-corrected chi connectivity index (χ1v) is 9.97. The number of Topliss-reactive ketones (excluding diaryl/α,β-unsaturated/α-hetero) is 1. The number of rotatable bonds is 4. The average molecular weight is 382 g/mol. The zero-order valence-corrected chi connectivity index (χ0v) is 16.6. The maximum absolute atomic E-state index is 13.1. The van der Waals surface area contributed by atoms with Crippen molar-refractivity contribution in [1.82, 2.24) is 9.55 Å². The maximum Gasteiger partial charge on any atom is 0.262 e. The van der Waals surface area contributed by atoms with Gasteiger partial charge in [0.25, 0.3) is 5.56 Å². The number of carbonyl (C=O) groups is 1. The van der Waals surface area contributed by atoms with E-state index in [0.29, 0.717) is 22.6 Å². The third kappa shape index (κ3) is 3.18. The van der Waals surface area contributed by atoms with Crippen LogP contribution in [0.15, 0.2) is 29.3 Å². The molecule has 1 aromatic carbocycles. The van der Waals surface area contributed by atoms with Crippen LogP contribution in [0, 0.1) is 12.8 Å². The van der Waals surface area contributed by atoms with Gasteiger partial charge in [-0.05, 0) is 49.8 Å². The lowest BCUT2D eigenvalue weighted by molar-refractivity contribution is 0.0967. The van der Waals surface area contributed by atoms with Crippen molar-refractivity contribution < 1.29 is 9.53 Å². The Morgan fingerprint density at radius 1 is 1.41 bits per heavy atom. The summed E-state index contributed by atoms with van der Waals surface area (Å²) in [5, 5.41) is 0.702. The predicted octanol–water partition coefficient (Wildman–Crippen LogP) is 3.78. The number of fused-ring (bicyclic) bond motifs is 3. The number of aryl methyl sites for hydroxylation is 2.